The van der Waals surface area contributed by atoms with Crippen LogP contribution in [0.4, 0.5) is 10.1 Å². The van der Waals surface area contributed by atoms with Crippen LogP contribution < -0.4 is 11.0 Å². The van der Waals surface area contributed by atoms with Crippen molar-refractivity contribution in [3.05, 3.63) is 58.9 Å². The van der Waals surface area contributed by atoms with Crippen LogP contribution in [0.25, 0.3) is 33.1 Å². The molecule has 0 amide bonds. The number of imidazole rings is 1. The summed E-state index contributed by atoms with van der Waals surface area (Å²) in [5.74, 6) is -0.312. The number of hydrogen-bond acceptors (Lipinski definition) is 4. The van der Waals surface area contributed by atoms with Gasteiger partial charge < -0.3 is 10.1 Å². The summed E-state index contributed by atoms with van der Waals surface area (Å²) in [5.41, 5.74) is 4.29. The third kappa shape index (κ3) is 2.84. The number of nitrogens with one attached hydrogen (secondary N) is 1. The molecule has 0 spiro atoms. The SMILES string of the molecule is CNc1ccc(-c2ccc3ncc4c(c3c2)n(CCOC)c(=O)n4C)cc1F. The number of hydrogen-bond donors (Lipinski definition) is 1. The van der Waals surface area contributed by atoms with Crippen LogP contribution in [0.2, 0.25) is 0 Å². The molecule has 2 heterocycles. The Morgan fingerprint density at radius 1 is 1.18 bits per heavy atom. The molecule has 144 valence electrons. The van der Waals surface area contributed by atoms with Crippen LogP contribution in [-0.4, -0.2) is 34.9 Å². The number of pyridine rings is 1. The number of rotatable bonds is 5. The molecular weight excluding hydrogens is 359 g/mol. The maximum atomic E-state index is 14.2. The summed E-state index contributed by atoms with van der Waals surface area (Å²) in [6.45, 7) is 0.876. The molecule has 0 aliphatic heterocycles. The summed E-state index contributed by atoms with van der Waals surface area (Å²) in [5, 5.41) is 3.68. The van der Waals surface area contributed by atoms with Crippen LogP contribution in [0.3, 0.4) is 0 Å². The minimum Gasteiger partial charge on any atom is -0.386 e. The van der Waals surface area contributed by atoms with E-state index in [0.717, 1.165) is 33.1 Å². The number of methoxy groups -OCH3 is 1. The molecule has 0 bridgehead atoms. The number of benzene rings is 2. The quantitative estimate of drug-likeness (QED) is 0.577. The van der Waals surface area contributed by atoms with Gasteiger partial charge >= 0.3 is 5.69 Å². The zero-order valence-corrected chi connectivity index (χ0v) is 16.0. The van der Waals surface area contributed by atoms with Crippen molar-refractivity contribution < 1.29 is 9.13 Å². The van der Waals surface area contributed by atoms with Gasteiger partial charge in [-0.15, -0.1) is 0 Å². The van der Waals surface area contributed by atoms with E-state index in [1.165, 1.54) is 6.07 Å². The number of fused-ring (bicyclic) bond motifs is 3. The minimum atomic E-state index is -0.312. The average Bonchev–Trinajstić information content (AvgIpc) is 2.96. The number of anilines is 1. The molecule has 2 aromatic carbocycles. The predicted molar refractivity (Wildman–Crippen MR) is 109 cm³/mol. The van der Waals surface area contributed by atoms with E-state index in [2.05, 4.69) is 10.3 Å². The van der Waals surface area contributed by atoms with Crippen LogP contribution in [0, 0.1) is 5.82 Å². The first-order chi connectivity index (χ1) is 13.5. The van der Waals surface area contributed by atoms with Gasteiger partial charge in [0.1, 0.15) is 5.82 Å². The molecule has 7 heteroatoms. The third-order valence-corrected chi connectivity index (χ3v) is 5.06. The highest BCUT2D eigenvalue weighted by Gasteiger charge is 2.15. The second-order valence-electron chi connectivity index (χ2n) is 6.65. The van der Waals surface area contributed by atoms with Crippen molar-refractivity contribution in [3.63, 3.8) is 0 Å². The smallest absolute Gasteiger partial charge is 0.328 e. The van der Waals surface area contributed by atoms with Crippen molar-refractivity contribution in [2.45, 2.75) is 6.54 Å². The van der Waals surface area contributed by atoms with Crippen LogP contribution >= 0.6 is 0 Å². The lowest BCUT2D eigenvalue weighted by molar-refractivity contribution is 0.187. The Kier molecular flexibility index (Phi) is 4.60. The molecular formula is C21H21FN4O2. The van der Waals surface area contributed by atoms with E-state index in [1.807, 2.05) is 24.3 Å². The molecule has 4 aromatic rings. The molecule has 0 aliphatic carbocycles. The molecule has 0 aliphatic rings. The van der Waals surface area contributed by atoms with Gasteiger partial charge in [0.2, 0.25) is 0 Å². The van der Waals surface area contributed by atoms with Gasteiger partial charge in [0, 0.05) is 26.6 Å². The predicted octanol–water partition coefficient (Wildman–Crippen LogP) is 3.38. The summed E-state index contributed by atoms with van der Waals surface area (Å²) < 4.78 is 22.7. The zero-order valence-electron chi connectivity index (χ0n) is 16.0. The van der Waals surface area contributed by atoms with Crippen molar-refractivity contribution in [1.29, 1.82) is 0 Å². The Morgan fingerprint density at radius 3 is 2.64 bits per heavy atom. The van der Waals surface area contributed by atoms with E-state index in [-0.39, 0.29) is 11.5 Å². The minimum absolute atomic E-state index is 0.115. The van der Waals surface area contributed by atoms with E-state index in [4.69, 9.17) is 4.74 Å². The fraction of sp³-hybridized carbons (Fsp3) is 0.238. The van der Waals surface area contributed by atoms with Crippen LogP contribution in [0.5, 0.6) is 0 Å². The van der Waals surface area contributed by atoms with Gasteiger partial charge in [0.05, 0.1) is 41.6 Å². The molecule has 0 saturated heterocycles. The maximum absolute atomic E-state index is 14.2. The number of aryl methyl sites for hydroxylation is 1. The summed E-state index contributed by atoms with van der Waals surface area (Å²) in [7, 11) is 5.03. The number of nitrogens with zero attached hydrogens (tertiary/aromatic N) is 3. The van der Waals surface area contributed by atoms with Crippen molar-refractivity contribution >= 4 is 27.6 Å². The largest absolute Gasteiger partial charge is 0.386 e. The molecule has 6 nitrogen and oxygen atoms in total. The van der Waals surface area contributed by atoms with E-state index in [1.54, 1.807) is 42.6 Å². The first-order valence-corrected chi connectivity index (χ1v) is 8.99. The molecule has 0 fully saturated rings. The first kappa shape index (κ1) is 18.2. The molecule has 0 unspecified atom stereocenters. The Labute approximate surface area is 161 Å². The van der Waals surface area contributed by atoms with E-state index >= 15 is 0 Å². The van der Waals surface area contributed by atoms with Crippen LogP contribution in [0.1, 0.15) is 0 Å². The maximum Gasteiger partial charge on any atom is 0.328 e. The summed E-state index contributed by atoms with van der Waals surface area (Å²) in [6.07, 6.45) is 1.71. The number of halogens is 1. The van der Waals surface area contributed by atoms with Gasteiger partial charge in [-0.25, -0.2) is 9.18 Å². The fourth-order valence-electron chi connectivity index (χ4n) is 3.54. The van der Waals surface area contributed by atoms with Gasteiger partial charge in [-0.2, -0.15) is 0 Å². The van der Waals surface area contributed by atoms with Crippen LogP contribution in [0.15, 0.2) is 47.4 Å². The van der Waals surface area contributed by atoms with Crippen molar-refractivity contribution in [2.75, 3.05) is 26.1 Å². The fourth-order valence-corrected chi connectivity index (χ4v) is 3.54. The lowest BCUT2D eigenvalue weighted by Gasteiger charge is -2.09. The van der Waals surface area contributed by atoms with Crippen LogP contribution in [-0.2, 0) is 18.3 Å². The van der Waals surface area contributed by atoms with Gasteiger partial charge in [0.15, 0.2) is 0 Å². The topological polar surface area (TPSA) is 61.1 Å². The van der Waals surface area contributed by atoms with Gasteiger partial charge in [-0.3, -0.25) is 14.1 Å². The molecule has 4 rings (SSSR count). The van der Waals surface area contributed by atoms with Crippen molar-refractivity contribution in [1.82, 2.24) is 14.1 Å². The molecule has 0 atom stereocenters. The van der Waals surface area contributed by atoms with Gasteiger partial charge in [0.25, 0.3) is 0 Å². The first-order valence-electron chi connectivity index (χ1n) is 8.99. The lowest BCUT2D eigenvalue weighted by atomic mass is 10.0. The Balaban J connectivity index is 1.97. The Bertz CT molecular complexity index is 1240. The third-order valence-electron chi connectivity index (χ3n) is 5.06. The van der Waals surface area contributed by atoms with Gasteiger partial charge in [-0.05, 0) is 35.4 Å². The standard InChI is InChI=1S/C21H21FN4O2/c1-23-18-7-5-14(11-16(18)22)13-4-6-17-15(10-13)20-19(12-24-17)25(2)21(27)26(20)8-9-28-3/h4-7,10-12,23H,8-9H2,1-3H3. The monoisotopic (exact) mass is 380 g/mol. The molecule has 0 saturated carbocycles. The molecule has 1 N–H and O–H groups in total. The molecule has 28 heavy (non-hydrogen) atoms. The zero-order chi connectivity index (χ0) is 19.8. The Morgan fingerprint density at radius 2 is 1.93 bits per heavy atom. The summed E-state index contributed by atoms with van der Waals surface area (Å²) in [6, 6.07) is 10.9. The average molecular weight is 380 g/mol. The molecule has 2 aromatic heterocycles. The molecule has 0 radical (unpaired) electrons. The van der Waals surface area contributed by atoms with Gasteiger partial charge in [-0.1, -0.05) is 12.1 Å². The second-order valence-corrected chi connectivity index (χ2v) is 6.65. The number of ether oxygens (including phenoxy) is 1. The highest BCUT2D eigenvalue weighted by Crippen LogP contribution is 2.30. The normalized spacial score (nSPS) is 11.4. The lowest BCUT2D eigenvalue weighted by Crippen LogP contribution is -2.23. The highest BCUT2D eigenvalue weighted by molar-refractivity contribution is 6.04. The van der Waals surface area contributed by atoms with E-state index in [0.29, 0.717) is 18.8 Å². The van der Waals surface area contributed by atoms with E-state index in [9.17, 15) is 9.18 Å². The van der Waals surface area contributed by atoms with Crippen molar-refractivity contribution in [2.24, 2.45) is 7.05 Å². The Hall–Kier alpha value is -3.19. The van der Waals surface area contributed by atoms with Crippen molar-refractivity contribution in [3.8, 4) is 11.1 Å². The summed E-state index contributed by atoms with van der Waals surface area (Å²) >= 11 is 0. The highest BCUT2D eigenvalue weighted by atomic mass is 19.1. The summed E-state index contributed by atoms with van der Waals surface area (Å²) in [4.78, 5) is 17.2. The number of aromatic nitrogens is 3. The van der Waals surface area contributed by atoms with E-state index < -0.39 is 0 Å². The second kappa shape index (κ2) is 7.09.